The van der Waals surface area contributed by atoms with Crippen molar-refractivity contribution in [1.29, 1.82) is 0 Å². The van der Waals surface area contributed by atoms with Crippen molar-refractivity contribution >= 4 is 28.1 Å². The summed E-state index contributed by atoms with van der Waals surface area (Å²) in [5.41, 5.74) is 2.13. The molecule has 0 unspecified atom stereocenters. The first-order valence-corrected chi connectivity index (χ1v) is 9.53. The van der Waals surface area contributed by atoms with E-state index >= 15 is 0 Å². The zero-order valence-electron chi connectivity index (χ0n) is 15.4. The third kappa shape index (κ3) is 3.82. The van der Waals surface area contributed by atoms with Gasteiger partial charge in [0.05, 0.1) is 7.11 Å². The van der Waals surface area contributed by atoms with Crippen LogP contribution >= 0.6 is 11.6 Å². The molecule has 3 aromatic rings. The van der Waals surface area contributed by atoms with Crippen molar-refractivity contribution in [3.63, 3.8) is 0 Å². The van der Waals surface area contributed by atoms with Gasteiger partial charge in [-0.2, -0.15) is 0 Å². The lowest BCUT2D eigenvalue weighted by Crippen LogP contribution is -2.46. The van der Waals surface area contributed by atoms with E-state index in [0.29, 0.717) is 5.75 Å². The predicted octanol–water partition coefficient (Wildman–Crippen LogP) is 4.53. The van der Waals surface area contributed by atoms with Crippen LogP contribution in [-0.4, -0.2) is 43.3 Å². The second kappa shape index (κ2) is 7.67. The summed E-state index contributed by atoms with van der Waals surface area (Å²) in [6.45, 7) is 4.47. The topological polar surface area (TPSA) is 35.9 Å². The number of benzene rings is 3. The molecule has 0 radical (unpaired) electrons. The number of aromatic hydroxyl groups is 1. The number of fused-ring (bicyclic) bond motifs is 1. The fourth-order valence-corrected chi connectivity index (χ4v) is 3.89. The minimum absolute atomic E-state index is 0.341. The molecule has 0 amide bonds. The Morgan fingerprint density at radius 1 is 1.00 bits per heavy atom. The number of methoxy groups -OCH3 is 1. The zero-order valence-corrected chi connectivity index (χ0v) is 16.1. The van der Waals surface area contributed by atoms with E-state index in [4.69, 9.17) is 16.3 Å². The van der Waals surface area contributed by atoms with Crippen LogP contribution in [-0.2, 0) is 6.54 Å². The monoisotopic (exact) mass is 382 g/mol. The Morgan fingerprint density at radius 2 is 1.78 bits per heavy atom. The molecule has 4 nitrogen and oxygen atoms in total. The number of hydrogen-bond donors (Lipinski definition) is 1. The van der Waals surface area contributed by atoms with Crippen LogP contribution in [0.4, 0.5) is 5.69 Å². The molecule has 1 fully saturated rings. The molecular weight excluding hydrogens is 360 g/mol. The first-order valence-electron chi connectivity index (χ1n) is 9.15. The Morgan fingerprint density at radius 3 is 2.52 bits per heavy atom. The van der Waals surface area contributed by atoms with E-state index < -0.39 is 0 Å². The summed E-state index contributed by atoms with van der Waals surface area (Å²) in [5, 5.41) is 13.4. The maximum atomic E-state index is 10.5. The smallest absolute Gasteiger partial charge is 0.120 e. The molecule has 0 aromatic heterocycles. The number of phenolic OH excluding ortho intramolecular Hbond substituents is 1. The van der Waals surface area contributed by atoms with Gasteiger partial charge in [-0.25, -0.2) is 0 Å². The number of piperazine rings is 1. The van der Waals surface area contributed by atoms with Gasteiger partial charge in [0.25, 0.3) is 0 Å². The Balaban J connectivity index is 1.51. The second-order valence-electron chi connectivity index (χ2n) is 6.89. The van der Waals surface area contributed by atoms with Gasteiger partial charge in [0.1, 0.15) is 11.5 Å². The van der Waals surface area contributed by atoms with Crippen LogP contribution in [0.1, 0.15) is 5.56 Å². The van der Waals surface area contributed by atoms with Gasteiger partial charge >= 0.3 is 0 Å². The number of halogens is 1. The van der Waals surface area contributed by atoms with Crippen molar-refractivity contribution in [1.82, 2.24) is 4.90 Å². The summed E-state index contributed by atoms with van der Waals surface area (Å²) in [4.78, 5) is 4.74. The summed E-state index contributed by atoms with van der Waals surface area (Å²) in [5.74, 6) is 1.15. The molecule has 140 valence electrons. The molecule has 0 atom stereocenters. The Labute approximate surface area is 164 Å². The minimum Gasteiger partial charge on any atom is -0.508 e. The molecule has 3 aromatic carbocycles. The standard InChI is InChI=1S/C22H23ClN2O2/c1-27-19-7-5-16-6-8-22(26)21(20(16)14-19)15-24-9-11-25(12-10-24)18-4-2-3-17(23)13-18/h2-8,13-14,26H,9-12,15H2,1H3. The summed E-state index contributed by atoms with van der Waals surface area (Å²) in [7, 11) is 1.67. The fraction of sp³-hybridized carbons (Fsp3) is 0.273. The maximum absolute atomic E-state index is 10.5. The van der Waals surface area contributed by atoms with Gasteiger partial charge in [-0.15, -0.1) is 0 Å². The van der Waals surface area contributed by atoms with Gasteiger partial charge in [0.2, 0.25) is 0 Å². The molecule has 0 aliphatic carbocycles. The van der Waals surface area contributed by atoms with E-state index in [2.05, 4.69) is 15.9 Å². The van der Waals surface area contributed by atoms with Crippen LogP contribution < -0.4 is 9.64 Å². The molecule has 1 saturated heterocycles. The Hall–Kier alpha value is -2.43. The summed E-state index contributed by atoms with van der Waals surface area (Å²) >= 11 is 6.12. The van der Waals surface area contributed by atoms with Crippen molar-refractivity contribution in [3.05, 3.63) is 65.2 Å². The van der Waals surface area contributed by atoms with Gasteiger partial charge in [0.15, 0.2) is 0 Å². The second-order valence-corrected chi connectivity index (χ2v) is 7.33. The molecule has 0 saturated carbocycles. The third-order valence-corrected chi connectivity index (χ3v) is 5.48. The number of anilines is 1. The molecule has 0 spiro atoms. The van der Waals surface area contributed by atoms with Crippen LogP contribution in [0, 0.1) is 0 Å². The van der Waals surface area contributed by atoms with E-state index in [1.165, 1.54) is 5.69 Å². The summed E-state index contributed by atoms with van der Waals surface area (Å²) < 4.78 is 5.37. The lowest BCUT2D eigenvalue weighted by molar-refractivity contribution is 0.247. The zero-order chi connectivity index (χ0) is 18.8. The van der Waals surface area contributed by atoms with Crippen LogP contribution in [0.3, 0.4) is 0 Å². The third-order valence-electron chi connectivity index (χ3n) is 5.24. The minimum atomic E-state index is 0.341. The molecule has 1 heterocycles. The first-order chi connectivity index (χ1) is 13.1. The first kappa shape index (κ1) is 18.0. The van der Waals surface area contributed by atoms with Gasteiger partial charge in [-0.05, 0) is 47.2 Å². The maximum Gasteiger partial charge on any atom is 0.120 e. The van der Waals surface area contributed by atoms with Gasteiger partial charge in [-0.1, -0.05) is 29.8 Å². The summed E-state index contributed by atoms with van der Waals surface area (Å²) in [6.07, 6.45) is 0. The molecule has 0 bridgehead atoms. The predicted molar refractivity (Wildman–Crippen MR) is 111 cm³/mol. The molecule has 27 heavy (non-hydrogen) atoms. The highest BCUT2D eigenvalue weighted by Gasteiger charge is 2.19. The number of phenols is 1. The SMILES string of the molecule is COc1ccc2ccc(O)c(CN3CCN(c4cccc(Cl)c4)CC3)c2c1. The number of nitrogens with zero attached hydrogens (tertiary/aromatic N) is 2. The Bertz CT molecular complexity index is 952. The van der Waals surface area contributed by atoms with E-state index in [1.54, 1.807) is 13.2 Å². The molecule has 1 aliphatic rings. The largest absolute Gasteiger partial charge is 0.508 e. The lowest BCUT2D eigenvalue weighted by Gasteiger charge is -2.36. The van der Waals surface area contributed by atoms with E-state index in [9.17, 15) is 5.11 Å². The lowest BCUT2D eigenvalue weighted by atomic mass is 10.0. The molecule has 5 heteroatoms. The average Bonchev–Trinajstić information content (AvgIpc) is 2.70. The van der Waals surface area contributed by atoms with Crippen LogP contribution in [0.15, 0.2) is 54.6 Å². The fourth-order valence-electron chi connectivity index (χ4n) is 3.70. The Kier molecular flexibility index (Phi) is 5.10. The number of rotatable bonds is 4. The molecule has 1 N–H and O–H groups in total. The van der Waals surface area contributed by atoms with Crippen LogP contribution in [0.25, 0.3) is 10.8 Å². The van der Waals surface area contributed by atoms with Gasteiger partial charge in [-0.3, -0.25) is 4.90 Å². The van der Waals surface area contributed by atoms with Crippen LogP contribution in [0.2, 0.25) is 5.02 Å². The molecule has 4 rings (SSSR count). The van der Waals surface area contributed by atoms with E-state index in [-0.39, 0.29) is 0 Å². The summed E-state index contributed by atoms with van der Waals surface area (Å²) in [6, 6.07) is 17.7. The van der Waals surface area contributed by atoms with Crippen molar-refractivity contribution in [2.75, 3.05) is 38.2 Å². The van der Waals surface area contributed by atoms with Crippen molar-refractivity contribution in [2.24, 2.45) is 0 Å². The number of hydrogen-bond acceptors (Lipinski definition) is 4. The highest BCUT2D eigenvalue weighted by atomic mass is 35.5. The van der Waals surface area contributed by atoms with Crippen molar-refractivity contribution < 1.29 is 9.84 Å². The molecular formula is C22H23ClN2O2. The van der Waals surface area contributed by atoms with E-state index in [0.717, 1.165) is 59.8 Å². The van der Waals surface area contributed by atoms with Crippen molar-refractivity contribution in [2.45, 2.75) is 6.54 Å². The van der Waals surface area contributed by atoms with Gasteiger partial charge in [0, 0.05) is 49.0 Å². The van der Waals surface area contributed by atoms with Crippen molar-refractivity contribution in [3.8, 4) is 11.5 Å². The van der Waals surface area contributed by atoms with Crippen LogP contribution in [0.5, 0.6) is 11.5 Å². The highest BCUT2D eigenvalue weighted by molar-refractivity contribution is 6.30. The molecule has 1 aliphatic heterocycles. The highest BCUT2D eigenvalue weighted by Crippen LogP contribution is 2.31. The normalized spacial score (nSPS) is 15.3. The van der Waals surface area contributed by atoms with E-state index in [1.807, 2.05) is 42.5 Å². The quantitative estimate of drug-likeness (QED) is 0.719. The average molecular weight is 383 g/mol. The number of ether oxygens (including phenoxy) is 1. The van der Waals surface area contributed by atoms with Gasteiger partial charge < -0.3 is 14.7 Å².